The predicted molar refractivity (Wildman–Crippen MR) is 88.0 cm³/mol. The molecule has 1 aliphatic heterocycles. The van der Waals surface area contributed by atoms with E-state index in [0.29, 0.717) is 19.0 Å². The van der Waals surface area contributed by atoms with Gasteiger partial charge in [0.15, 0.2) is 17.5 Å². The molecule has 0 aliphatic carbocycles. The lowest BCUT2D eigenvalue weighted by molar-refractivity contribution is -0.147. The highest BCUT2D eigenvalue weighted by molar-refractivity contribution is 5.97. The Hall–Kier alpha value is -2.87. The Bertz CT molecular complexity index is 759. The van der Waals surface area contributed by atoms with Crippen LogP contribution in [0.4, 0.5) is 0 Å². The van der Waals surface area contributed by atoms with Crippen molar-refractivity contribution in [1.82, 2.24) is 14.7 Å². The minimum atomic E-state index is -1.10. The molecule has 1 aromatic carbocycles. The molecule has 0 saturated carbocycles. The molecule has 1 unspecified atom stereocenters. The number of carboxylic acid groups (broad SMARTS) is 1. The minimum absolute atomic E-state index is 0.0373. The van der Waals surface area contributed by atoms with Crippen LogP contribution in [0.25, 0.3) is 5.69 Å². The van der Waals surface area contributed by atoms with Gasteiger partial charge in [-0.1, -0.05) is 18.2 Å². The first kappa shape index (κ1) is 17.0. The number of para-hydroxylation sites is 1. The Morgan fingerprint density at radius 1 is 1.36 bits per heavy atom. The van der Waals surface area contributed by atoms with E-state index in [1.165, 1.54) is 4.90 Å². The van der Waals surface area contributed by atoms with Crippen molar-refractivity contribution >= 4 is 11.9 Å². The molecule has 1 N–H and O–H groups in total. The molecule has 8 heteroatoms. The molecular formula is C17H19N3O5. The van der Waals surface area contributed by atoms with Crippen LogP contribution in [-0.4, -0.2) is 64.1 Å². The van der Waals surface area contributed by atoms with Gasteiger partial charge in [-0.3, -0.25) is 4.79 Å². The molecule has 2 aromatic rings. The van der Waals surface area contributed by atoms with Crippen LogP contribution < -0.4 is 4.74 Å². The van der Waals surface area contributed by atoms with E-state index in [1.807, 2.05) is 37.3 Å². The number of ether oxygens (including phenoxy) is 2. The average Bonchev–Trinajstić information content (AvgIpc) is 3.06. The number of hydrogen-bond acceptors (Lipinski definition) is 5. The number of carbonyl (C=O) groups excluding carboxylic acids is 1. The molecule has 1 saturated heterocycles. The summed E-state index contributed by atoms with van der Waals surface area (Å²) in [6, 6.07) is 8.28. The second-order valence-corrected chi connectivity index (χ2v) is 5.48. The molecule has 8 nitrogen and oxygen atoms in total. The third kappa shape index (κ3) is 3.48. The minimum Gasteiger partial charge on any atom is -0.490 e. The lowest BCUT2D eigenvalue weighted by Crippen LogP contribution is -2.52. The second kappa shape index (κ2) is 7.35. The van der Waals surface area contributed by atoms with E-state index in [0.717, 1.165) is 5.69 Å². The molecule has 3 rings (SSSR count). The van der Waals surface area contributed by atoms with Crippen LogP contribution in [0.3, 0.4) is 0 Å². The third-order valence-corrected chi connectivity index (χ3v) is 3.88. The molecule has 2 heterocycles. The maximum Gasteiger partial charge on any atom is 0.328 e. The van der Waals surface area contributed by atoms with Gasteiger partial charge in [-0.2, -0.15) is 5.10 Å². The number of hydrogen-bond donors (Lipinski definition) is 1. The van der Waals surface area contributed by atoms with Crippen LogP contribution in [0.1, 0.15) is 17.4 Å². The first-order valence-electron chi connectivity index (χ1n) is 8.01. The van der Waals surface area contributed by atoms with Crippen LogP contribution in [0.5, 0.6) is 5.75 Å². The molecule has 0 bridgehead atoms. The highest BCUT2D eigenvalue weighted by atomic mass is 16.5. The molecular weight excluding hydrogens is 326 g/mol. The van der Waals surface area contributed by atoms with E-state index >= 15 is 0 Å². The van der Waals surface area contributed by atoms with E-state index in [2.05, 4.69) is 5.10 Å². The third-order valence-electron chi connectivity index (χ3n) is 3.88. The number of aromatic nitrogens is 2. The fraction of sp³-hybridized carbons (Fsp3) is 0.353. The Morgan fingerprint density at radius 2 is 2.12 bits per heavy atom. The second-order valence-electron chi connectivity index (χ2n) is 5.48. The van der Waals surface area contributed by atoms with E-state index in [9.17, 15) is 14.7 Å². The molecule has 1 atom stereocenters. The number of carbonyl (C=O) groups is 2. The van der Waals surface area contributed by atoms with Crippen molar-refractivity contribution in [3.63, 3.8) is 0 Å². The smallest absolute Gasteiger partial charge is 0.328 e. The molecule has 1 fully saturated rings. The SMILES string of the molecule is CCOc1cn(-c2ccccc2)nc1C(=O)N1CCOCC1C(=O)O. The van der Waals surface area contributed by atoms with E-state index < -0.39 is 17.9 Å². The number of morpholine rings is 1. The largest absolute Gasteiger partial charge is 0.490 e. The van der Waals surface area contributed by atoms with Crippen molar-refractivity contribution in [2.75, 3.05) is 26.4 Å². The fourth-order valence-electron chi connectivity index (χ4n) is 2.67. The molecule has 1 aliphatic rings. The van der Waals surface area contributed by atoms with Crippen LogP contribution >= 0.6 is 0 Å². The first-order valence-corrected chi connectivity index (χ1v) is 8.01. The summed E-state index contributed by atoms with van der Waals surface area (Å²) in [7, 11) is 0. The zero-order valence-electron chi connectivity index (χ0n) is 13.8. The molecule has 1 aromatic heterocycles. The summed E-state index contributed by atoms with van der Waals surface area (Å²) in [6.07, 6.45) is 1.63. The Morgan fingerprint density at radius 3 is 2.80 bits per heavy atom. The van der Waals surface area contributed by atoms with Gasteiger partial charge in [-0.05, 0) is 19.1 Å². The van der Waals surface area contributed by atoms with Crippen molar-refractivity contribution in [2.45, 2.75) is 13.0 Å². The van der Waals surface area contributed by atoms with Gasteiger partial charge in [0.1, 0.15) is 0 Å². The van der Waals surface area contributed by atoms with Crippen molar-refractivity contribution < 1.29 is 24.2 Å². The van der Waals surface area contributed by atoms with Crippen molar-refractivity contribution in [3.8, 4) is 11.4 Å². The van der Waals surface area contributed by atoms with Gasteiger partial charge in [-0.25, -0.2) is 9.48 Å². The van der Waals surface area contributed by atoms with E-state index in [1.54, 1.807) is 10.9 Å². The van der Waals surface area contributed by atoms with Gasteiger partial charge in [0.25, 0.3) is 5.91 Å². The number of rotatable bonds is 5. The van der Waals surface area contributed by atoms with Gasteiger partial charge < -0.3 is 19.5 Å². The Labute approximate surface area is 144 Å². The highest BCUT2D eigenvalue weighted by Crippen LogP contribution is 2.23. The monoisotopic (exact) mass is 345 g/mol. The lowest BCUT2D eigenvalue weighted by Gasteiger charge is -2.32. The van der Waals surface area contributed by atoms with E-state index in [4.69, 9.17) is 9.47 Å². The Balaban J connectivity index is 1.95. The maximum absolute atomic E-state index is 12.9. The predicted octanol–water partition coefficient (Wildman–Crippen LogP) is 1.20. The standard InChI is InChI=1S/C17H19N3O5/c1-2-25-14-10-20(12-6-4-3-5-7-12)18-15(14)16(21)19-8-9-24-11-13(19)17(22)23/h3-7,10,13H,2,8-9,11H2,1H3,(H,22,23). The van der Waals surface area contributed by atoms with Gasteiger partial charge in [0.2, 0.25) is 0 Å². The summed E-state index contributed by atoms with van der Waals surface area (Å²) in [5.74, 6) is -1.26. The summed E-state index contributed by atoms with van der Waals surface area (Å²) in [6.45, 7) is 2.62. The van der Waals surface area contributed by atoms with Gasteiger partial charge in [0.05, 0.1) is 31.7 Å². The number of amides is 1. The Kier molecular flexibility index (Phi) is 4.99. The molecule has 0 radical (unpaired) electrons. The van der Waals surface area contributed by atoms with Gasteiger partial charge in [-0.15, -0.1) is 0 Å². The summed E-state index contributed by atoms with van der Waals surface area (Å²) in [5, 5.41) is 13.7. The fourth-order valence-corrected chi connectivity index (χ4v) is 2.67. The van der Waals surface area contributed by atoms with Gasteiger partial charge in [0, 0.05) is 6.54 Å². The van der Waals surface area contributed by atoms with Gasteiger partial charge >= 0.3 is 5.97 Å². The summed E-state index contributed by atoms with van der Waals surface area (Å²) >= 11 is 0. The molecule has 0 spiro atoms. The summed E-state index contributed by atoms with van der Waals surface area (Å²) < 4.78 is 12.3. The quantitative estimate of drug-likeness (QED) is 0.875. The molecule has 132 valence electrons. The van der Waals surface area contributed by atoms with Crippen LogP contribution in [-0.2, 0) is 9.53 Å². The normalized spacial score (nSPS) is 17.3. The van der Waals surface area contributed by atoms with Crippen molar-refractivity contribution in [1.29, 1.82) is 0 Å². The number of benzene rings is 1. The topological polar surface area (TPSA) is 93.9 Å². The van der Waals surface area contributed by atoms with Crippen LogP contribution in [0.15, 0.2) is 36.5 Å². The van der Waals surface area contributed by atoms with Crippen molar-refractivity contribution in [2.24, 2.45) is 0 Å². The summed E-state index contributed by atoms with van der Waals surface area (Å²) in [4.78, 5) is 25.6. The van der Waals surface area contributed by atoms with E-state index in [-0.39, 0.29) is 18.8 Å². The molecule has 25 heavy (non-hydrogen) atoms. The zero-order valence-corrected chi connectivity index (χ0v) is 13.8. The van der Waals surface area contributed by atoms with Crippen LogP contribution in [0, 0.1) is 0 Å². The summed E-state index contributed by atoms with van der Waals surface area (Å²) in [5.41, 5.74) is 0.873. The van der Waals surface area contributed by atoms with Crippen LogP contribution in [0.2, 0.25) is 0 Å². The maximum atomic E-state index is 12.9. The number of carboxylic acids is 1. The number of aliphatic carboxylic acids is 1. The zero-order chi connectivity index (χ0) is 17.8. The lowest BCUT2D eigenvalue weighted by atomic mass is 10.2. The first-order chi connectivity index (χ1) is 12.1. The number of nitrogens with zero attached hydrogens (tertiary/aromatic N) is 3. The highest BCUT2D eigenvalue weighted by Gasteiger charge is 2.35. The average molecular weight is 345 g/mol. The molecule has 1 amide bonds. The van der Waals surface area contributed by atoms with Crippen molar-refractivity contribution in [3.05, 3.63) is 42.2 Å².